The zero-order valence-electron chi connectivity index (χ0n) is 13.0. The first-order chi connectivity index (χ1) is 10.9. The highest BCUT2D eigenvalue weighted by molar-refractivity contribution is 5.82. The largest absolute Gasteiger partial charge is 0.497 e. The van der Waals surface area contributed by atoms with Gasteiger partial charge in [0, 0.05) is 13.0 Å². The molecule has 0 saturated heterocycles. The van der Waals surface area contributed by atoms with Gasteiger partial charge in [0.1, 0.15) is 5.75 Å². The van der Waals surface area contributed by atoms with Crippen LogP contribution >= 0.6 is 0 Å². The minimum atomic E-state index is -1.73. The second-order valence-corrected chi connectivity index (χ2v) is 4.34. The molecule has 8 heteroatoms. The van der Waals surface area contributed by atoms with E-state index in [9.17, 15) is 19.7 Å². The maximum Gasteiger partial charge on any atom is 0.358 e. The van der Waals surface area contributed by atoms with Gasteiger partial charge in [0.15, 0.2) is 0 Å². The number of nitro groups is 1. The van der Waals surface area contributed by atoms with Gasteiger partial charge in [-0.1, -0.05) is 12.1 Å². The van der Waals surface area contributed by atoms with E-state index in [4.69, 9.17) is 14.2 Å². The predicted molar refractivity (Wildman–Crippen MR) is 80.2 cm³/mol. The molecule has 0 heterocycles. The van der Waals surface area contributed by atoms with Crippen molar-refractivity contribution in [2.45, 2.75) is 20.0 Å². The molecule has 0 bridgehead atoms. The van der Waals surface area contributed by atoms with Gasteiger partial charge in [0.25, 0.3) is 11.8 Å². The maximum absolute atomic E-state index is 11.9. The lowest BCUT2D eigenvalue weighted by atomic mass is 10.1. The van der Waals surface area contributed by atoms with Gasteiger partial charge in [-0.2, -0.15) is 0 Å². The van der Waals surface area contributed by atoms with E-state index in [0.717, 1.165) is 13.0 Å². The molecule has 1 atom stereocenters. The second kappa shape index (κ2) is 8.52. The molecule has 0 saturated carbocycles. The molecule has 0 aromatic heterocycles. The number of nitrogens with zero attached hydrogens (tertiary/aromatic N) is 1. The summed E-state index contributed by atoms with van der Waals surface area (Å²) in [5.41, 5.74) is -0.150. The number of methoxy groups -OCH3 is 1. The smallest absolute Gasteiger partial charge is 0.358 e. The summed E-state index contributed by atoms with van der Waals surface area (Å²) in [6, 6.07) is 6.35. The van der Waals surface area contributed by atoms with Gasteiger partial charge in [0.05, 0.1) is 18.6 Å². The van der Waals surface area contributed by atoms with Crippen molar-refractivity contribution >= 4 is 18.0 Å². The Balaban J connectivity index is 3.21. The number of carbonyl (C=O) groups is 2. The SMILES string of the molecule is CCOC(=O)C(OC(C)=O)/C(=C\c1ccc(OC)cc1)[N+](=O)[O-]. The standard InChI is InChI=1S/C15H17NO7/c1-4-22-15(18)14(23-10(2)17)13(16(19)20)9-11-5-7-12(21-3)8-6-11/h5-9,14H,4H2,1-3H3/b13-9+. The quantitative estimate of drug-likeness (QED) is 0.428. The molecule has 1 aromatic rings. The Morgan fingerprint density at radius 1 is 1.30 bits per heavy atom. The van der Waals surface area contributed by atoms with Crippen molar-refractivity contribution in [3.05, 3.63) is 45.6 Å². The van der Waals surface area contributed by atoms with E-state index < -0.39 is 28.7 Å². The minimum Gasteiger partial charge on any atom is -0.497 e. The normalized spacial score (nSPS) is 12.2. The fourth-order valence-corrected chi connectivity index (χ4v) is 1.71. The van der Waals surface area contributed by atoms with E-state index in [2.05, 4.69) is 0 Å². The topological polar surface area (TPSA) is 105 Å². The van der Waals surface area contributed by atoms with Gasteiger partial charge in [-0.3, -0.25) is 14.9 Å². The number of hydrogen-bond donors (Lipinski definition) is 0. The lowest BCUT2D eigenvalue weighted by molar-refractivity contribution is -0.432. The zero-order valence-corrected chi connectivity index (χ0v) is 13.0. The number of esters is 2. The van der Waals surface area contributed by atoms with Crippen molar-refractivity contribution in [3.8, 4) is 5.75 Å². The summed E-state index contributed by atoms with van der Waals surface area (Å²) in [4.78, 5) is 33.5. The second-order valence-electron chi connectivity index (χ2n) is 4.34. The molecule has 124 valence electrons. The summed E-state index contributed by atoms with van der Waals surface area (Å²) in [7, 11) is 1.49. The van der Waals surface area contributed by atoms with Crippen LogP contribution in [0.2, 0.25) is 0 Å². The Bertz CT molecular complexity index is 607. The van der Waals surface area contributed by atoms with Gasteiger partial charge in [-0.25, -0.2) is 4.79 Å². The van der Waals surface area contributed by atoms with Crippen molar-refractivity contribution < 1.29 is 28.7 Å². The van der Waals surface area contributed by atoms with Crippen LogP contribution in [-0.2, 0) is 19.1 Å². The Morgan fingerprint density at radius 3 is 2.35 bits per heavy atom. The Morgan fingerprint density at radius 2 is 1.91 bits per heavy atom. The fourth-order valence-electron chi connectivity index (χ4n) is 1.71. The van der Waals surface area contributed by atoms with E-state index in [1.165, 1.54) is 7.11 Å². The van der Waals surface area contributed by atoms with Crippen molar-refractivity contribution in [2.75, 3.05) is 13.7 Å². The molecule has 1 unspecified atom stereocenters. The van der Waals surface area contributed by atoms with E-state index in [1.807, 2.05) is 0 Å². The number of hydrogen-bond acceptors (Lipinski definition) is 7. The van der Waals surface area contributed by atoms with E-state index in [1.54, 1.807) is 31.2 Å². The van der Waals surface area contributed by atoms with E-state index in [0.29, 0.717) is 11.3 Å². The molecule has 0 N–H and O–H groups in total. The number of rotatable bonds is 7. The lowest BCUT2D eigenvalue weighted by Crippen LogP contribution is -2.33. The average Bonchev–Trinajstić information content (AvgIpc) is 2.51. The molecule has 0 aliphatic carbocycles. The Labute approximate surface area is 132 Å². The van der Waals surface area contributed by atoms with Gasteiger partial charge < -0.3 is 14.2 Å². The van der Waals surface area contributed by atoms with Crippen molar-refractivity contribution in [1.29, 1.82) is 0 Å². The van der Waals surface area contributed by atoms with Crippen LogP contribution in [0.25, 0.3) is 6.08 Å². The van der Waals surface area contributed by atoms with Crippen LogP contribution in [0, 0.1) is 10.1 Å². The molecule has 0 aliphatic heterocycles. The highest BCUT2D eigenvalue weighted by Crippen LogP contribution is 2.18. The molecule has 0 fully saturated rings. The van der Waals surface area contributed by atoms with Crippen LogP contribution in [0.3, 0.4) is 0 Å². The van der Waals surface area contributed by atoms with Gasteiger partial charge >= 0.3 is 11.9 Å². The molecule has 23 heavy (non-hydrogen) atoms. The van der Waals surface area contributed by atoms with E-state index in [-0.39, 0.29) is 6.61 Å². The first-order valence-corrected chi connectivity index (χ1v) is 6.73. The zero-order chi connectivity index (χ0) is 17.4. The lowest BCUT2D eigenvalue weighted by Gasteiger charge is -2.13. The maximum atomic E-state index is 11.9. The first kappa shape index (κ1) is 18.1. The third kappa shape index (κ3) is 5.42. The monoisotopic (exact) mass is 323 g/mol. The highest BCUT2D eigenvalue weighted by Gasteiger charge is 2.36. The third-order valence-corrected chi connectivity index (χ3v) is 2.69. The summed E-state index contributed by atoms with van der Waals surface area (Å²) in [6.07, 6.45) is -0.589. The average molecular weight is 323 g/mol. The van der Waals surface area contributed by atoms with Crippen molar-refractivity contribution in [2.24, 2.45) is 0 Å². The number of carbonyl (C=O) groups excluding carboxylic acids is 2. The number of ether oxygens (including phenoxy) is 3. The molecular formula is C15H17NO7. The molecule has 0 radical (unpaired) electrons. The molecule has 1 rings (SSSR count). The fraction of sp³-hybridized carbons (Fsp3) is 0.333. The summed E-state index contributed by atoms with van der Waals surface area (Å²) in [5, 5.41) is 11.3. The van der Waals surface area contributed by atoms with Gasteiger partial charge in [-0.15, -0.1) is 0 Å². The Kier molecular flexibility index (Phi) is 6.72. The molecule has 0 aliphatic rings. The van der Waals surface area contributed by atoms with Gasteiger partial charge in [0.2, 0.25) is 0 Å². The van der Waals surface area contributed by atoms with Crippen LogP contribution in [-0.4, -0.2) is 36.7 Å². The van der Waals surface area contributed by atoms with Crippen LogP contribution in [0.15, 0.2) is 30.0 Å². The van der Waals surface area contributed by atoms with Crippen molar-refractivity contribution in [1.82, 2.24) is 0 Å². The van der Waals surface area contributed by atoms with E-state index >= 15 is 0 Å². The molecule has 8 nitrogen and oxygen atoms in total. The highest BCUT2D eigenvalue weighted by atomic mass is 16.6. The summed E-state index contributed by atoms with van der Waals surface area (Å²) in [5.74, 6) is -1.25. The molecular weight excluding hydrogens is 306 g/mol. The summed E-state index contributed by atoms with van der Waals surface area (Å²) < 4.78 is 14.5. The number of benzene rings is 1. The molecule has 1 aromatic carbocycles. The van der Waals surface area contributed by atoms with Crippen LogP contribution in [0.5, 0.6) is 5.75 Å². The summed E-state index contributed by atoms with van der Waals surface area (Å²) in [6.45, 7) is 2.60. The predicted octanol–water partition coefficient (Wildman–Crippen LogP) is 1.81. The molecule has 0 amide bonds. The third-order valence-electron chi connectivity index (χ3n) is 2.69. The molecule has 0 spiro atoms. The summed E-state index contributed by atoms with van der Waals surface area (Å²) >= 11 is 0. The Hall–Kier alpha value is -2.90. The van der Waals surface area contributed by atoms with Crippen LogP contribution in [0.1, 0.15) is 19.4 Å². The first-order valence-electron chi connectivity index (χ1n) is 6.73. The van der Waals surface area contributed by atoms with Crippen molar-refractivity contribution in [3.63, 3.8) is 0 Å². The van der Waals surface area contributed by atoms with Crippen LogP contribution < -0.4 is 4.74 Å². The minimum absolute atomic E-state index is 0.00410. The van der Waals surface area contributed by atoms with Crippen LogP contribution in [0.4, 0.5) is 0 Å². The van der Waals surface area contributed by atoms with Gasteiger partial charge in [-0.05, 0) is 24.6 Å².